The third-order valence-electron chi connectivity index (χ3n) is 4.01. The summed E-state index contributed by atoms with van der Waals surface area (Å²) in [6, 6.07) is 6.74. The number of anilines is 1. The maximum atomic E-state index is 10.5. The van der Waals surface area contributed by atoms with Gasteiger partial charge in [-0.15, -0.1) is 0 Å². The predicted octanol–water partition coefficient (Wildman–Crippen LogP) is 3.48. The molecule has 2 N–H and O–H groups in total. The van der Waals surface area contributed by atoms with Crippen molar-refractivity contribution in [2.75, 3.05) is 5.32 Å². The molecular formula is C16H25NO. The number of benzene rings is 1. The molecule has 2 rings (SSSR count). The van der Waals surface area contributed by atoms with Crippen molar-refractivity contribution in [2.24, 2.45) is 0 Å². The molecule has 18 heavy (non-hydrogen) atoms. The Morgan fingerprint density at radius 3 is 2.61 bits per heavy atom. The van der Waals surface area contributed by atoms with Crippen LogP contribution in [0.4, 0.5) is 5.69 Å². The van der Waals surface area contributed by atoms with Crippen LogP contribution in [0.5, 0.6) is 0 Å². The van der Waals surface area contributed by atoms with E-state index < -0.39 is 5.60 Å². The first-order valence-electron chi connectivity index (χ1n) is 6.86. The van der Waals surface area contributed by atoms with E-state index in [1.165, 1.54) is 16.8 Å². The van der Waals surface area contributed by atoms with Crippen LogP contribution in [0.25, 0.3) is 0 Å². The van der Waals surface area contributed by atoms with E-state index in [1.54, 1.807) is 0 Å². The lowest BCUT2D eigenvalue weighted by Gasteiger charge is -2.39. The van der Waals surface area contributed by atoms with Crippen LogP contribution in [-0.2, 0) is 11.8 Å². The number of rotatable bonds is 1. The molecule has 1 heterocycles. The summed E-state index contributed by atoms with van der Waals surface area (Å²) in [4.78, 5) is 0. The fraction of sp³-hybridized carbons (Fsp3) is 0.625. The highest BCUT2D eigenvalue weighted by Gasteiger charge is 2.36. The summed E-state index contributed by atoms with van der Waals surface area (Å²) >= 11 is 0. The topological polar surface area (TPSA) is 32.3 Å². The predicted molar refractivity (Wildman–Crippen MR) is 77.2 cm³/mol. The van der Waals surface area contributed by atoms with Crippen LogP contribution in [0.1, 0.15) is 52.2 Å². The van der Waals surface area contributed by atoms with Gasteiger partial charge >= 0.3 is 0 Å². The first-order chi connectivity index (χ1) is 8.24. The van der Waals surface area contributed by atoms with Gasteiger partial charge in [0, 0.05) is 12.1 Å². The van der Waals surface area contributed by atoms with E-state index in [1.807, 2.05) is 6.92 Å². The first kappa shape index (κ1) is 13.4. The van der Waals surface area contributed by atoms with Crippen molar-refractivity contribution in [1.82, 2.24) is 0 Å². The fourth-order valence-electron chi connectivity index (χ4n) is 2.74. The van der Waals surface area contributed by atoms with Gasteiger partial charge in [-0.3, -0.25) is 0 Å². The Balaban J connectivity index is 2.39. The highest BCUT2D eigenvalue weighted by atomic mass is 16.3. The van der Waals surface area contributed by atoms with Gasteiger partial charge in [-0.1, -0.05) is 39.8 Å². The first-order valence-corrected chi connectivity index (χ1v) is 6.86. The van der Waals surface area contributed by atoms with Crippen LogP contribution < -0.4 is 5.32 Å². The van der Waals surface area contributed by atoms with Crippen LogP contribution in [-0.4, -0.2) is 16.7 Å². The van der Waals surface area contributed by atoms with E-state index in [-0.39, 0.29) is 11.5 Å². The molecule has 0 amide bonds. The van der Waals surface area contributed by atoms with E-state index >= 15 is 0 Å². The average molecular weight is 247 g/mol. The Morgan fingerprint density at radius 1 is 1.39 bits per heavy atom. The standard InChI is InChI=1S/C16H25NO/c1-6-14-16(5,18)10-11-9-12(15(2,3)4)7-8-13(11)17-14/h7-9,14,17-18H,6,10H2,1-5H3. The van der Waals surface area contributed by atoms with Crippen LogP contribution in [0.3, 0.4) is 0 Å². The van der Waals surface area contributed by atoms with Gasteiger partial charge in [-0.2, -0.15) is 0 Å². The average Bonchev–Trinajstić information content (AvgIpc) is 2.24. The van der Waals surface area contributed by atoms with Gasteiger partial charge in [-0.05, 0) is 36.0 Å². The Hall–Kier alpha value is -1.02. The van der Waals surface area contributed by atoms with Crippen molar-refractivity contribution < 1.29 is 5.11 Å². The van der Waals surface area contributed by atoms with Gasteiger partial charge in [-0.25, -0.2) is 0 Å². The van der Waals surface area contributed by atoms with E-state index in [0.717, 1.165) is 12.8 Å². The zero-order valence-corrected chi connectivity index (χ0v) is 12.2. The van der Waals surface area contributed by atoms with Gasteiger partial charge in [0.05, 0.1) is 11.6 Å². The molecule has 1 aliphatic heterocycles. The van der Waals surface area contributed by atoms with Crippen LogP contribution >= 0.6 is 0 Å². The fourth-order valence-corrected chi connectivity index (χ4v) is 2.74. The third-order valence-corrected chi connectivity index (χ3v) is 4.01. The number of hydrogen-bond acceptors (Lipinski definition) is 2. The molecule has 0 saturated heterocycles. The van der Waals surface area contributed by atoms with Gasteiger partial charge in [0.25, 0.3) is 0 Å². The van der Waals surface area contributed by atoms with E-state index in [4.69, 9.17) is 0 Å². The summed E-state index contributed by atoms with van der Waals surface area (Å²) < 4.78 is 0. The molecule has 0 bridgehead atoms. The largest absolute Gasteiger partial charge is 0.388 e. The molecule has 1 aromatic carbocycles. The van der Waals surface area contributed by atoms with Crippen LogP contribution in [0.15, 0.2) is 18.2 Å². The SMILES string of the molecule is CCC1Nc2ccc(C(C)(C)C)cc2CC1(C)O. The minimum Gasteiger partial charge on any atom is -0.388 e. The van der Waals surface area contributed by atoms with Crippen molar-refractivity contribution >= 4 is 5.69 Å². The molecule has 2 atom stereocenters. The maximum Gasteiger partial charge on any atom is 0.0860 e. The minimum atomic E-state index is -0.655. The highest BCUT2D eigenvalue weighted by molar-refractivity contribution is 5.57. The van der Waals surface area contributed by atoms with E-state index in [9.17, 15) is 5.11 Å². The molecule has 1 aromatic rings. The minimum absolute atomic E-state index is 0.144. The van der Waals surface area contributed by atoms with E-state index in [2.05, 4.69) is 51.2 Å². The molecule has 0 fully saturated rings. The van der Waals surface area contributed by atoms with Gasteiger partial charge < -0.3 is 10.4 Å². The normalized spacial score (nSPS) is 27.6. The third kappa shape index (κ3) is 2.39. The molecule has 0 spiro atoms. The highest BCUT2D eigenvalue weighted by Crippen LogP contribution is 2.35. The molecule has 1 aliphatic rings. The lowest BCUT2D eigenvalue weighted by atomic mass is 9.80. The number of fused-ring (bicyclic) bond motifs is 1. The van der Waals surface area contributed by atoms with Gasteiger partial charge in [0.1, 0.15) is 0 Å². The van der Waals surface area contributed by atoms with Crippen molar-refractivity contribution in [3.8, 4) is 0 Å². The summed E-state index contributed by atoms with van der Waals surface area (Å²) in [5, 5.41) is 14.0. The summed E-state index contributed by atoms with van der Waals surface area (Å²) in [6.45, 7) is 10.7. The van der Waals surface area contributed by atoms with Crippen LogP contribution in [0.2, 0.25) is 0 Å². The van der Waals surface area contributed by atoms with Crippen molar-refractivity contribution in [1.29, 1.82) is 0 Å². The zero-order valence-electron chi connectivity index (χ0n) is 12.2. The Morgan fingerprint density at radius 2 is 2.06 bits per heavy atom. The lowest BCUT2D eigenvalue weighted by molar-refractivity contribution is 0.0350. The van der Waals surface area contributed by atoms with Crippen molar-refractivity contribution in [3.63, 3.8) is 0 Å². The van der Waals surface area contributed by atoms with E-state index in [0.29, 0.717) is 0 Å². The molecule has 0 radical (unpaired) electrons. The summed E-state index contributed by atoms with van der Waals surface area (Å²) in [5.41, 5.74) is 3.24. The second kappa shape index (κ2) is 4.27. The molecular weight excluding hydrogens is 222 g/mol. The summed E-state index contributed by atoms with van der Waals surface area (Å²) in [5.74, 6) is 0. The molecule has 2 heteroatoms. The lowest BCUT2D eigenvalue weighted by Crippen LogP contribution is -2.49. The van der Waals surface area contributed by atoms with Gasteiger partial charge in [0.2, 0.25) is 0 Å². The van der Waals surface area contributed by atoms with Crippen LogP contribution in [0, 0.1) is 0 Å². The second-order valence-corrected chi connectivity index (χ2v) is 6.76. The maximum absolute atomic E-state index is 10.5. The molecule has 0 aromatic heterocycles. The van der Waals surface area contributed by atoms with Crippen molar-refractivity contribution in [3.05, 3.63) is 29.3 Å². The number of aliphatic hydroxyl groups is 1. The Kier molecular flexibility index (Phi) is 3.18. The number of nitrogens with one attached hydrogen (secondary N) is 1. The Bertz CT molecular complexity index is 443. The molecule has 2 nitrogen and oxygen atoms in total. The molecule has 2 unspecified atom stereocenters. The quantitative estimate of drug-likeness (QED) is 0.796. The summed E-state index contributed by atoms with van der Waals surface area (Å²) in [7, 11) is 0. The monoisotopic (exact) mass is 247 g/mol. The molecule has 0 aliphatic carbocycles. The zero-order chi connectivity index (χ0) is 13.6. The van der Waals surface area contributed by atoms with Gasteiger partial charge in [0.15, 0.2) is 0 Å². The van der Waals surface area contributed by atoms with Crippen molar-refractivity contribution in [2.45, 2.75) is 64.5 Å². The smallest absolute Gasteiger partial charge is 0.0860 e. The second-order valence-electron chi connectivity index (χ2n) is 6.76. The molecule has 0 saturated carbocycles. The Labute approximate surface area is 110 Å². The molecule has 100 valence electrons. The summed E-state index contributed by atoms with van der Waals surface area (Å²) in [6.07, 6.45) is 1.67. The number of hydrogen-bond donors (Lipinski definition) is 2.